The van der Waals surface area contributed by atoms with Gasteiger partial charge in [-0.1, -0.05) is 42.5 Å². The molecule has 0 aliphatic heterocycles. The van der Waals surface area contributed by atoms with E-state index in [0.717, 1.165) is 24.3 Å². The Morgan fingerprint density at radius 1 is 1.17 bits per heavy atom. The van der Waals surface area contributed by atoms with Crippen molar-refractivity contribution in [1.29, 1.82) is 0 Å². The van der Waals surface area contributed by atoms with E-state index in [4.69, 9.17) is 0 Å². The number of benzene rings is 1. The van der Waals surface area contributed by atoms with Crippen LogP contribution in [0.5, 0.6) is 0 Å². The van der Waals surface area contributed by atoms with Crippen molar-refractivity contribution >= 4 is 0 Å². The molecule has 4 atom stereocenters. The molecule has 3 rings (SSSR count). The predicted molar refractivity (Wildman–Crippen MR) is 73.1 cm³/mol. The van der Waals surface area contributed by atoms with Crippen molar-refractivity contribution in [2.24, 2.45) is 17.8 Å². The lowest BCUT2D eigenvalue weighted by molar-refractivity contribution is 0.235. The van der Waals surface area contributed by atoms with Crippen LogP contribution in [0.3, 0.4) is 0 Å². The second kappa shape index (κ2) is 5.25. The SMILES string of the molecule is OCC(NCC1CC2C=CC1C2)c1ccccc1. The summed E-state index contributed by atoms with van der Waals surface area (Å²) in [6.45, 7) is 1.19. The molecule has 2 aliphatic rings. The maximum atomic E-state index is 9.51. The molecular weight excluding hydrogens is 222 g/mol. The van der Waals surface area contributed by atoms with E-state index in [9.17, 15) is 5.11 Å². The highest BCUT2D eigenvalue weighted by Gasteiger charge is 2.35. The van der Waals surface area contributed by atoms with E-state index in [0.29, 0.717) is 0 Å². The fourth-order valence-electron chi connectivity index (χ4n) is 3.40. The van der Waals surface area contributed by atoms with Gasteiger partial charge in [-0.25, -0.2) is 0 Å². The molecule has 2 heteroatoms. The Morgan fingerprint density at radius 2 is 2.00 bits per heavy atom. The average molecular weight is 243 g/mol. The number of aliphatic hydroxyl groups excluding tert-OH is 1. The first-order chi connectivity index (χ1) is 8.86. The van der Waals surface area contributed by atoms with Gasteiger partial charge in [-0.15, -0.1) is 0 Å². The minimum atomic E-state index is 0.0781. The summed E-state index contributed by atoms with van der Waals surface area (Å²) in [5, 5.41) is 13.0. The monoisotopic (exact) mass is 243 g/mol. The van der Waals surface area contributed by atoms with E-state index >= 15 is 0 Å². The number of fused-ring (bicyclic) bond motifs is 2. The van der Waals surface area contributed by atoms with Crippen LogP contribution in [0, 0.1) is 17.8 Å². The molecule has 0 heterocycles. The molecule has 0 amide bonds. The van der Waals surface area contributed by atoms with Crippen molar-refractivity contribution in [3.63, 3.8) is 0 Å². The largest absolute Gasteiger partial charge is 0.394 e. The van der Waals surface area contributed by atoms with Gasteiger partial charge in [0.05, 0.1) is 12.6 Å². The van der Waals surface area contributed by atoms with E-state index in [1.54, 1.807) is 0 Å². The number of allylic oxidation sites excluding steroid dienone is 2. The highest BCUT2D eigenvalue weighted by atomic mass is 16.3. The number of hydrogen-bond donors (Lipinski definition) is 2. The maximum Gasteiger partial charge on any atom is 0.0626 e. The first-order valence-corrected chi connectivity index (χ1v) is 6.94. The first-order valence-electron chi connectivity index (χ1n) is 6.94. The topological polar surface area (TPSA) is 32.3 Å². The maximum absolute atomic E-state index is 9.51. The normalized spacial score (nSPS) is 30.8. The summed E-state index contributed by atoms with van der Waals surface area (Å²) in [6.07, 6.45) is 7.43. The van der Waals surface area contributed by atoms with Crippen molar-refractivity contribution in [3.05, 3.63) is 48.0 Å². The van der Waals surface area contributed by atoms with E-state index in [1.807, 2.05) is 18.2 Å². The number of nitrogens with one attached hydrogen (secondary N) is 1. The zero-order valence-corrected chi connectivity index (χ0v) is 10.6. The smallest absolute Gasteiger partial charge is 0.0626 e. The molecule has 0 aromatic heterocycles. The molecule has 2 nitrogen and oxygen atoms in total. The molecule has 4 unspecified atom stereocenters. The molecule has 0 spiro atoms. The fraction of sp³-hybridized carbons (Fsp3) is 0.500. The molecule has 0 saturated heterocycles. The van der Waals surface area contributed by atoms with Crippen molar-refractivity contribution in [2.75, 3.05) is 13.2 Å². The summed E-state index contributed by atoms with van der Waals surface area (Å²) in [6, 6.07) is 10.3. The van der Waals surface area contributed by atoms with Crippen molar-refractivity contribution in [2.45, 2.75) is 18.9 Å². The van der Waals surface area contributed by atoms with Gasteiger partial charge in [-0.05, 0) is 42.7 Å². The Balaban J connectivity index is 1.57. The predicted octanol–water partition coefficient (Wildman–Crippen LogP) is 2.52. The zero-order chi connectivity index (χ0) is 12.4. The molecule has 1 fully saturated rings. The lowest BCUT2D eigenvalue weighted by Crippen LogP contribution is -2.31. The Kier molecular flexibility index (Phi) is 3.48. The molecule has 2 N–H and O–H groups in total. The molecule has 2 bridgehead atoms. The molecule has 2 aliphatic carbocycles. The van der Waals surface area contributed by atoms with Crippen LogP contribution >= 0.6 is 0 Å². The van der Waals surface area contributed by atoms with Gasteiger partial charge in [0.2, 0.25) is 0 Å². The number of rotatable bonds is 5. The van der Waals surface area contributed by atoms with E-state index in [-0.39, 0.29) is 12.6 Å². The lowest BCUT2D eigenvalue weighted by Gasteiger charge is -2.23. The zero-order valence-electron chi connectivity index (χ0n) is 10.6. The third kappa shape index (κ3) is 2.36. The summed E-state index contributed by atoms with van der Waals surface area (Å²) in [4.78, 5) is 0. The van der Waals surface area contributed by atoms with E-state index in [1.165, 1.54) is 18.4 Å². The molecule has 1 aromatic carbocycles. The fourth-order valence-corrected chi connectivity index (χ4v) is 3.40. The molecule has 18 heavy (non-hydrogen) atoms. The van der Waals surface area contributed by atoms with Gasteiger partial charge in [0.1, 0.15) is 0 Å². The Labute approximate surface area is 109 Å². The van der Waals surface area contributed by atoms with Crippen molar-refractivity contribution in [3.8, 4) is 0 Å². The van der Waals surface area contributed by atoms with Crippen LogP contribution in [0.1, 0.15) is 24.4 Å². The molecule has 1 aromatic rings. The van der Waals surface area contributed by atoms with Crippen molar-refractivity contribution < 1.29 is 5.11 Å². The van der Waals surface area contributed by atoms with Gasteiger partial charge in [0.25, 0.3) is 0 Å². The van der Waals surface area contributed by atoms with Crippen LogP contribution in [0.15, 0.2) is 42.5 Å². The van der Waals surface area contributed by atoms with Crippen LogP contribution in [-0.2, 0) is 0 Å². The molecule has 1 saturated carbocycles. The van der Waals surface area contributed by atoms with Crippen LogP contribution in [0.2, 0.25) is 0 Å². The summed E-state index contributed by atoms with van der Waals surface area (Å²) in [7, 11) is 0. The average Bonchev–Trinajstić information content (AvgIpc) is 3.03. The van der Waals surface area contributed by atoms with Crippen LogP contribution < -0.4 is 5.32 Å². The summed E-state index contributed by atoms with van der Waals surface area (Å²) in [5.74, 6) is 2.36. The summed E-state index contributed by atoms with van der Waals surface area (Å²) >= 11 is 0. The van der Waals surface area contributed by atoms with Gasteiger partial charge < -0.3 is 10.4 Å². The van der Waals surface area contributed by atoms with Gasteiger partial charge in [-0.2, -0.15) is 0 Å². The van der Waals surface area contributed by atoms with Crippen molar-refractivity contribution in [1.82, 2.24) is 5.32 Å². The highest BCUT2D eigenvalue weighted by Crippen LogP contribution is 2.43. The Morgan fingerprint density at radius 3 is 2.61 bits per heavy atom. The number of aliphatic hydroxyl groups is 1. The third-order valence-corrected chi connectivity index (χ3v) is 4.43. The molecule has 0 radical (unpaired) electrons. The van der Waals surface area contributed by atoms with E-state index in [2.05, 4.69) is 29.6 Å². The Bertz CT molecular complexity index is 414. The van der Waals surface area contributed by atoms with Gasteiger partial charge in [-0.3, -0.25) is 0 Å². The second-order valence-corrected chi connectivity index (χ2v) is 5.59. The second-order valence-electron chi connectivity index (χ2n) is 5.59. The van der Waals surface area contributed by atoms with Gasteiger partial charge in [0.15, 0.2) is 0 Å². The van der Waals surface area contributed by atoms with Crippen LogP contribution in [0.25, 0.3) is 0 Å². The highest BCUT2D eigenvalue weighted by molar-refractivity contribution is 5.19. The van der Waals surface area contributed by atoms with E-state index < -0.39 is 0 Å². The third-order valence-electron chi connectivity index (χ3n) is 4.43. The van der Waals surface area contributed by atoms with Crippen LogP contribution in [0.4, 0.5) is 0 Å². The number of hydrogen-bond acceptors (Lipinski definition) is 2. The molecular formula is C16H21NO. The van der Waals surface area contributed by atoms with Crippen LogP contribution in [-0.4, -0.2) is 18.3 Å². The van der Waals surface area contributed by atoms with Gasteiger partial charge >= 0.3 is 0 Å². The quantitative estimate of drug-likeness (QED) is 0.779. The Hall–Kier alpha value is -1.12. The first kappa shape index (κ1) is 11.9. The minimum absolute atomic E-state index is 0.0781. The summed E-state index contributed by atoms with van der Waals surface area (Å²) in [5.41, 5.74) is 1.18. The summed E-state index contributed by atoms with van der Waals surface area (Å²) < 4.78 is 0. The lowest BCUT2D eigenvalue weighted by atomic mass is 9.93. The van der Waals surface area contributed by atoms with Gasteiger partial charge in [0, 0.05) is 0 Å². The standard InChI is InChI=1S/C16H21NO/c18-11-16(13-4-2-1-3-5-13)17-10-15-9-12-6-7-14(15)8-12/h1-7,12,14-18H,8-11H2. The minimum Gasteiger partial charge on any atom is -0.394 e. The molecule has 96 valence electrons.